The summed E-state index contributed by atoms with van der Waals surface area (Å²) in [6, 6.07) is 20.2. The zero-order chi connectivity index (χ0) is 18.8. The van der Waals surface area contributed by atoms with E-state index in [9.17, 15) is 0 Å². The molecule has 0 spiro atoms. The number of benzene rings is 2. The van der Waals surface area contributed by atoms with E-state index in [1.807, 2.05) is 81.5 Å². The Balaban J connectivity index is 0.00000117. The third-order valence-corrected chi connectivity index (χ3v) is 3.79. The summed E-state index contributed by atoms with van der Waals surface area (Å²) in [5.74, 6) is 0.836. The van der Waals surface area contributed by atoms with Gasteiger partial charge in [-0.25, -0.2) is 4.98 Å². The summed E-state index contributed by atoms with van der Waals surface area (Å²) >= 11 is 0. The number of aliphatic imine (C=N–C) groups is 1. The lowest BCUT2D eigenvalue weighted by Gasteiger charge is -2.07. The molecule has 0 radical (unpaired) electrons. The molecule has 0 bridgehead atoms. The van der Waals surface area contributed by atoms with Crippen LogP contribution in [0.3, 0.4) is 0 Å². The van der Waals surface area contributed by atoms with Crippen LogP contribution in [0, 0.1) is 0 Å². The number of rotatable bonds is 5. The third-order valence-electron chi connectivity index (χ3n) is 3.79. The molecule has 26 heavy (non-hydrogen) atoms. The van der Waals surface area contributed by atoms with Crippen LogP contribution < -0.4 is 4.74 Å². The summed E-state index contributed by atoms with van der Waals surface area (Å²) in [7, 11) is 1.79. The molecule has 0 amide bonds. The highest BCUT2D eigenvalue weighted by Gasteiger charge is 2.00. The van der Waals surface area contributed by atoms with Gasteiger partial charge in [-0.2, -0.15) is 0 Å². The molecular weight excluding hydrogens is 320 g/mol. The molecular formula is C23H26N2O. The Hall–Kier alpha value is -2.94. The average molecular weight is 346 g/mol. The topological polar surface area (TPSA) is 34.5 Å². The lowest BCUT2D eigenvalue weighted by atomic mass is 10.2. The maximum atomic E-state index is 5.83. The summed E-state index contributed by atoms with van der Waals surface area (Å²) in [6.07, 6.45) is 4.03. The molecule has 3 aromatic rings. The maximum Gasteiger partial charge on any atom is 0.130 e. The molecule has 1 heterocycles. The van der Waals surface area contributed by atoms with Gasteiger partial charge in [-0.05, 0) is 42.8 Å². The third kappa shape index (κ3) is 5.55. The number of para-hydroxylation sites is 1. The fourth-order valence-electron chi connectivity index (χ4n) is 2.31. The summed E-state index contributed by atoms with van der Waals surface area (Å²) in [4.78, 5) is 8.72. The first-order valence-corrected chi connectivity index (χ1v) is 8.93. The Kier molecular flexibility index (Phi) is 7.56. The van der Waals surface area contributed by atoms with Crippen LogP contribution in [-0.4, -0.2) is 17.7 Å². The molecule has 0 atom stereocenters. The first kappa shape index (κ1) is 19.4. The first-order chi connectivity index (χ1) is 12.7. The second kappa shape index (κ2) is 10.1. The number of allylic oxidation sites excluding steroid dienone is 1. The smallest absolute Gasteiger partial charge is 0.130 e. The molecule has 0 aliphatic heterocycles. The summed E-state index contributed by atoms with van der Waals surface area (Å²) in [6.45, 7) is 6.44. The van der Waals surface area contributed by atoms with E-state index >= 15 is 0 Å². The molecule has 2 aromatic carbocycles. The molecule has 3 heteroatoms. The Labute approximate surface area is 156 Å². The fourth-order valence-corrected chi connectivity index (χ4v) is 2.31. The SMILES string of the molecule is CC.CN=C(C)/C=C/c1ccc(OCc2ccc3ccccc3n2)cc1. The molecule has 0 fully saturated rings. The van der Waals surface area contributed by atoms with E-state index in [1.165, 1.54) is 0 Å². The van der Waals surface area contributed by atoms with Crippen molar-refractivity contribution in [2.75, 3.05) is 7.05 Å². The van der Waals surface area contributed by atoms with Gasteiger partial charge in [0.25, 0.3) is 0 Å². The minimum atomic E-state index is 0.460. The van der Waals surface area contributed by atoms with Crippen molar-refractivity contribution < 1.29 is 4.74 Å². The van der Waals surface area contributed by atoms with E-state index < -0.39 is 0 Å². The van der Waals surface area contributed by atoms with Crippen LogP contribution in [-0.2, 0) is 6.61 Å². The molecule has 0 N–H and O–H groups in total. The van der Waals surface area contributed by atoms with Crippen molar-refractivity contribution in [1.82, 2.24) is 4.98 Å². The van der Waals surface area contributed by atoms with Crippen LogP contribution in [0.25, 0.3) is 17.0 Å². The van der Waals surface area contributed by atoms with E-state index in [1.54, 1.807) is 7.05 Å². The van der Waals surface area contributed by atoms with E-state index in [2.05, 4.69) is 22.1 Å². The zero-order valence-electron chi connectivity index (χ0n) is 15.9. The van der Waals surface area contributed by atoms with Crippen molar-refractivity contribution in [3.63, 3.8) is 0 Å². The van der Waals surface area contributed by atoms with E-state index in [0.717, 1.165) is 33.6 Å². The van der Waals surface area contributed by atoms with Crippen molar-refractivity contribution >= 4 is 22.7 Å². The fraction of sp³-hybridized carbons (Fsp3) is 0.217. The van der Waals surface area contributed by atoms with E-state index in [0.29, 0.717) is 6.61 Å². The van der Waals surface area contributed by atoms with Crippen molar-refractivity contribution in [3.8, 4) is 5.75 Å². The predicted octanol–water partition coefficient (Wildman–Crippen LogP) is 5.94. The minimum absolute atomic E-state index is 0.460. The van der Waals surface area contributed by atoms with Crippen LogP contribution in [0.15, 0.2) is 71.7 Å². The Morgan fingerprint density at radius 2 is 1.73 bits per heavy atom. The van der Waals surface area contributed by atoms with Crippen LogP contribution in [0.5, 0.6) is 5.75 Å². The summed E-state index contributed by atoms with van der Waals surface area (Å²) in [5.41, 5.74) is 4.03. The van der Waals surface area contributed by atoms with Gasteiger partial charge in [-0.15, -0.1) is 0 Å². The number of nitrogens with zero attached hydrogens (tertiary/aromatic N) is 2. The quantitative estimate of drug-likeness (QED) is 0.535. The van der Waals surface area contributed by atoms with Crippen molar-refractivity contribution in [3.05, 3.63) is 78.0 Å². The summed E-state index contributed by atoms with van der Waals surface area (Å²) < 4.78 is 5.83. The number of hydrogen-bond donors (Lipinski definition) is 0. The number of hydrogen-bond acceptors (Lipinski definition) is 3. The van der Waals surface area contributed by atoms with Gasteiger partial charge in [0.05, 0.1) is 11.2 Å². The number of pyridine rings is 1. The van der Waals surface area contributed by atoms with E-state index in [4.69, 9.17) is 4.74 Å². The lowest BCUT2D eigenvalue weighted by Crippen LogP contribution is -1.98. The summed E-state index contributed by atoms with van der Waals surface area (Å²) in [5, 5.41) is 1.14. The second-order valence-corrected chi connectivity index (χ2v) is 5.55. The van der Waals surface area contributed by atoms with Crippen LogP contribution in [0.2, 0.25) is 0 Å². The molecule has 0 saturated carbocycles. The maximum absolute atomic E-state index is 5.83. The molecule has 3 nitrogen and oxygen atoms in total. The van der Waals surface area contributed by atoms with Gasteiger partial charge in [0.2, 0.25) is 0 Å². The standard InChI is InChI=1S/C21H20N2O.C2H6/c1-16(22-2)7-8-17-9-13-20(14-10-17)24-15-19-12-11-18-5-3-4-6-21(18)23-19;1-2/h3-14H,15H2,1-2H3;1-2H3/b8-7+,22-16?;. The largest absolute Gasteiger partial charge is 0.487 e. The van der Waals surface area contributed by atoms with Gasteiger partial charge >= 0.3 is 0 Å². The monoisotopic (exact) mass is 346 g/mol. The Morgan fingerprint density at radius 3 is 2.46 bits per heavy atom. The molecule has 134 valence electrons. The Bertz CT molecular complexity index is 880. The number of fused-ring (bicyclic) bond motifs is 1. The highest BCUT2D eigenvalue weighted by molar-refractivity contribution is 5.96. The van der Waals surface area contributed by atoms with Gasteiger partial charge < -0.3 is 4.74 Å². The molecule has 0 unspecified atom stereocenters. The average Bonchev–Trinajstić information content (AvgIpc) is 2.72. The van der Waals surface area contributed by atoms with Gasteiger partial charge in [0.1, 0.15) is 12.4 Å². The normalized spacial score (nSPS) is 11.3. The predicted molar refractivity (Wildman–Crippen MR) is 112 cm³/mol. The van der Waals surface area contributed by atoms with Crippen molar-refractivity contribution in [1.29, 1.82) is 0 Å². The molecule has 0 aliphatic rings. The van der Waals surface area contributed by atoms with Crippen LogP contribution in [0.1, 0.15) is 32.0 Å². The highest BCUT2D eigenvalue weighted by atomic mass is 16.5. The van der Waals surface area contributed by atoms with Crippen molar-refractivity contribution in [2.24, 2.45) is 4.99 Å². The molecule has 3 rings (SSSR count). The highest BCUT2D eigenvalue weighted by Crippen LogP contribution is 2.16. The molecule has 1 aromatic heterocycles. The lowest BCUT2D eigenvalue weighted by molar-refractivity contribution is 0.302. The zero-order valence-corrected chi connectivity index (χ0v) is 15.9. The van der Waals surface area contributed by atoms with Gasteiger partial charge in [-0.1, -0.05) is 56.3 Å². The number of aromatic nitrogens is 1. The Morgan fingerprint density at radius 1 is 1.00 bits per heavy atom. The van der Waals surface area contributed by atoms with Crippen LogP contribution in [0.4, 0.5) is 0 Å². The number of ether oxygens (including phenoxy) is 1. The van der Waals surface area contributed by atoms with Gasteiger partial charge in [-0.3, -0.25) is 4.99 Å². The first-order valence-electron chi connectivity index (χ1n) is 8.93. The van der Waals surface area contributed by atoms with Crippen molar-refractivity contribution in [2.45, 2.75) is 27.4 Å². The minimum Gasteiger partial charge on any atom is -0.487 e. The molecule has 0 aliphatic carbocycles. The second-order valence-electron chi connectivity index (χ2n) is 5.55. The molecule has 0 saturated heterocycles. The van der Waals surface area contributed by atoms with Gasteiger partial charge in [0, 0.05) is 18.1 Å². The van der Waals surface area contributed by atoms with Crippen LogP contribution >= 0.6 is 0 Å². The van der Waals surface area contributed by atoms with E-state index in [-0.39, 0.29) is 0 Å². The van der Waals surface area contributed by atoms with Gasteiger partial charge in [0.15, 0.2) is 0 Å².